The highest BCUT2D eigenvalue weighted by molar-refractivity contribution is 7.99. The van der Waals surface area contributed by atoms with Crippen LogP contribution in [0.2, 0.25) is 0 Å². The number of benzene rings is 1. The Morgan fingerprint density at radius 1 is 1.39 bits per heavy atom. The van der Waals surface area contributed by atoms with Crippen molar-refractivity contribution in [1.82, 2.24) is 0 Å². The number of thioether (sulfide) groups is 1. The van der Waals surface area contributed by atoms with Crippen molar-refractivity contribution in [2.24, 2.45) is 11.8 Å². The number of nitro groups is 1. The minimum absolute atomic E-state index is 0.0398. The number of hydrogen-bond donors (Lipinski definition) is 1. The molecule has 18 heavy (non-hydrogen) atoms. The third-order valence-corrected chi connectivity index (χ3v) is 3.73. The fraction of sp³-hybridized carbons (Fsp3) is 0.417. The molecule has 0 fully saturated rings. The number of carboxylic acid groups (broad SMARTS) is 1. The second kappa shape index (κ2) is 6.39. The fourth-order valence-corrected chi connectivity index (χ4v) is 2.63. The van der Waals surface area contributed by atoms with Gasteiger partial charge in [-0.15, -0.1) is 11.8 Å². The van der Waals surface area contributed by atoms with E-state index in [1.807, 2.05) is 13.8 Å². The van der Waals surface area contributed by atoms with Crippen LogP contribution in [0.4, 0.5) is 5.69 Å². The Morgan fingerprint density at radius 2 is 1.94 bits per heavy atom. The normalized spacial score (nSPS) is 12.4. The van der Waals surface area contributed by atoms with Crippen molar-refractivity contribution in [1.29, 1.82) is 0 Å². The molecule has 1 N–H and O–H groups in total. The predicted octanol–water partition coefficient (Wildman–Crippen LogP) is 3.04. The zero-order chi connectivity index (χ0) is 13.7. The number of non-ortho nitro benzene ring substituents is 1. The summed E-state index contributed by atoms with van der Waals surface area (Å²) in [5.74, 6) is -0.692. The van der Waals surface area contributed by atoms with Gasteiger partial charge in [-0.2, -0.15) is 0 Å². The molecule has 0 saturated heterocycles. The number of carbonyl (C=O) groups is 1. The quantitative estimate of drug-likeness (QED) is 0.487. The van der Waals surface area contributed by atoms with E-state index in [2.05, 4.69) is 0 Å². The van der Waals surface area contributed by atoms with Crippen molar-refractivity contribution in [2.45, 2.75) is 18.7 Å². The largest absolute Gasteiger partial charge is 0.481 e. The van der Waals surface area contributed by atoms with Crippen molar-refractivity contribution in [2.75, 3.05) is 5.75 Å². The topological polar surface area (TPSA) is 80.4 Å². The molecule has 1 aromatic rings. The van der Waals surface area contributed by atoms with Gasteiger partial charge in [0.15, 0.2) is 0 Å². The summed E-state index contributed by atoms with van der Waals surface area (Å²) in [5, 5.41) is 19.5. The lowest BCUT2D eigenvalue weighted by Crippen LogP contribution is -2.21. The number of aliphatic carboxylic acids is 1. The molecule has 0 heterocycles. The van der Waals surface area contributed by atoms with Crippen LogP contribution < -0.4 is 0 Å². The van der Waals surface area contributed by atoms with Crippen LogP contribution in [0.1, 0.15) is 13.8 Å². The molecule has 0 aliphatic carbocycles. The summed E-state index contributed by atoms with van der Waals surface area (Å²) in [5.41, 5.74) is 0.0398. The highest BCUT2D eigenvalue weighted by Crippen LogP contribution is 2.26. The van der Waals surface area contributed by atoms with Crippen molar-refractivity contribution >= 4 is 23.4 Å². The number of nitrogens with zero attached hydrogens (tertiary/aromatic N) is 1. The van der Waals surface area contributed by atoms with Crippen LogP contribution in [0.5, 0.6) is 0 Å². The summed E-state index contributed by atoms with van der Waals surface area (Å²) in [7, 11) is 0. The maximum atomic E-state index is 11.0. The van der Waals surface area contributed by atoms with Crippen LogP contribution in [-0.4, -0.2) is 21.8 Å². The molecule has 5 nitrogen and oxygen atoms in total. The monoisotopic (exact) mass is 269 g/mol. The van der Waals surface area contributed by atoms with Crippen molar-refractivity contribution in [3.8, 4) is 0 Å². The average Bonchev–Trinajstić information content (AvgIpc) is 2.28. The lowest BCUT2D eigenvalue weighted by Gasteiger charge is -2.15. The van der Waals surface area contributed by atoms with Gasteiger partial charge in [-0.05, 0) is 18.1 Å². The number of rotatable bonds is 6. The third kappa shape index (κ3) is 4.03. The standard InChI is InChI=1S/C12H15NO4S/c1-8(2)11(12(14)15)7-18-10-5-3-9(4-6-10)13(16)17/h3-6,8,11H,7H2,1-2H3,(H,14,15). The van der Waals surface area contributed by atoms with E-state index in [4.69, 9.17) is 5.11 Å². The summed E-state index contributed by atoms with van der Waals surface area (Å²) in [6, 6.07) is 6.13. The first-order valence-electron chi connectivity index (χ1n) is 5.52. The zero-order valence-electron chi connectivity index (χ0n) is 10.2. The molecule has 0 radical (unpaired) electrons. The molecule has 1 unspecified atom stereocenters. The van der Waals surface area contributed by atoms with Gasteiger partial charge >= 0.3 is 5.97 Å². The second-order valence-corrected chi connectivity index (χ2v) is 5.34. The lowest BCUT2D eigenvalue weighted by atomic mass is 9.98. The number of hydrogen-bond acceptors (Lipinski definition) is 4. The van der Waals surface area contributed by atoms with E-state index in [-0.39, 0.29) is 11.6 Å². The molecule has 0 bridgehead atoms. The molecule has 1 atom stereocenters. The SMILES string of the molecule is CC(C)C(CSc1ccc([N+](=O)[O-])cc1)C(=O)O. The summed E-state index contributed by atoms with van der Waals surface area (Å²) in [4.78, 5) is 21.9. The Labute approximate surface area is 109 Å². The van der Waals surface area contributed by atoms with Crippen molar-refractivity contribution < 1.29 is 14.8 Å². The highest BCUT2D eigenvalue weighted by Gasteiger charge is 2.21. The molecule has 6 heteroatoms. The Kier molecular flexibility index (Phi) is 5.15. The highest BCUT2D eigenvalue weighted by atomic mass is 32.2. The molecule has 1 rings (SSSR count). The zero-order valence-corrected chi connectivity index (χ0v) is 11.0. The number of nitro benzene ring substituents is 1. The minimum Gasteiger partial charge on any atom is -0.481 e. The van der Waals surface area contributed by atoms with E-state index in [0.29, 0.717) is 5.75 Å². The molecular formula is C12H15NO4S. The second-order valence-electron chi connectivity index (χ2n) is 4.25. The first-order valence-corrected chi connectivity index (χ1v) is 6.50. The summed E-state index contributed by atoms with van der Waals surface area (Å²) >= 11 is 1.40. The summed E-state index contributed by atoms with van der Waals surface area (Å²) in [6.07, 6.45) is 0. The van der Waals surface area contributed by atoms with Crippen molar-refractivity contribution in [3.63, 3.8) is 0 Å². The molecule has 98 valence electrons. The van der Waals surface area contributed by atoms with Crippen LogP contribution in [0.3, 0.4) is 0 Å². The van der Waals surface area contributed by atoms with Gasteiger partial charge in [0.2, 0.25) is 0 Å². The van der Waals surface area contributed by atoms with Gasteiger partial charge < -0.3 is 5.11 Å². The molecule has 0 aliphatic heterocycles. The summed E-state index contributed by atoms with van der Waals surface area (Å²) in [6.45, 7) is 3.74. The van der Waals surface area contributed by atoms with E-state index in [0.717, 1.165) is 4.90 Å². The van der Waals surface area contributed by atoms with Crippen LogP contribution >= 0.6 is 11.8 Å². The van der Waals surface area contributed by atoms with Crippen LogP contribution in [0.25, 0.3) is 0 Å². The minimum atomic E-state index is -0.806. The maximum Gasteiger partial charge on any atom is 0.307 e. The van der Waals surface area contributed by atoms with Crippen LogP contribution in [0.15, 0.2) is 29.2 Å². The smallest absolute Gasteiger partial charge is 0.307 e. The van der Waals surface area contributed by atoms with Crippen LogP contribution in [0, 0.1) is 22.0 Å². The van der Waals surface area contributed by atoms with E-state index < -0.39 is 16.8 Å². The Balaban J connectivity index is 2.62. The van der Waals surface area contributed by atoms with Gasteiger partial charge in [-0.3, -0.25) is 14.9 Å². The Hall–Kier alpha value is -1.56. The first kappa shape index (κ1) is 14.5. The van der Waals surface area contributed by atoms with E-state index >= 15 is 0 Å². The molecule has 0 aromatic heterocycles. The average molecular weight is 269 g/mol. The van der Waals surface area contributed by atoms with Gasteiger partial charge in [-0.25, -0.2) is 0 Å². The lowest BCUT2D eigenvalue weighted by molar-refractivity contribution is -0.384. The van der Waals surface area contributed by atoms with E-state index in [1.54, 1.807) is 12.1 Å². The molecule has 1 aromatic carbocycles. The van der Waals surface area contributed by atoms with Gasteiger partial charge in [0.05, 0.1) is 10.8 Å². The van der Waals surface area contributed by atoms with E-state index in [1.165, 1.54) is 23.9 Å². The fourth-order valence-electron chi connectivity index (χ4n) is 1.40. The molecule has 0 aliphatic rings. The van der Waals surface area contributed by atoms with Gasteiger partial charge in [0.1, 0.15) is 0 Å². The Morgan fingerprint density at radius 3 is 2.33 bits per heavy atom. The molecule has 0 amide bonds. The van der Waals surface area contributed by atoms with E-state index in [9.17, 15) is 14.9 Å². The maximum absolute atomic E-state index is 11.0. The van der Waals surface area contributed by atoms with Gasteiger partial charge in [0.25, 0.3) is 5.69 Å². The molecule has 0 spiro atoms. The molecule has 0 saturated carbocycles. The molecular weight excluding hydrogens is 254 g/mol. The van der Waals surface area contributed by atoms with Crippen LogP contribution in [-0.2, 0) is 4.79 Å². The third-order valence-electron chi connectivity index (χ3n) is 2.60. The predicted molar refractivity (Wildman–Crippen MR) is 69.8 cm³/mol. The van der Waals surface area contributed by atoms with Gasteiger partial charge in [-0.1, -0.05) is 13.8 Å². The van der Waals surface area contributed by atoms with Gasteiger partial charge in [0, 0.05) is 22.8 Å². The first-order chi connectivity index (χ1) is 8.41. The number of carboxylic acids is 1. The Bertz CT molecular complexity index is 430. The van der Waals surface area contributed by atoms with Crippen molar-refractivity contribution in [3.05, 3.63) is 34.4 Å². The summed E-state index contributed by atoms with van der Waals surface area (Å²) < 4.78 is 0.